The van der Waals surface area contributed by atoms with Crippen molar-refractivity contribution < 1.29 is 74.4 Å². The van der Waals surface area contributed by atoms with Crippen LogP contribution in [0.4, 0.5) is 0 Å². The molecule has 0 saturated carbocycles. The number of aliphatic hydroxyl groups is 6. The van der Waals surface area contributed by atoms with Crippen LogP contribution in [0.3, 0.4) is 0 Å². The summed E-state index contributed by atoms with van der Waals surface area (Å²) in [6.45, 7) is -0.169. The molecule has 0 radical (unpaired) electrons. The Labute approximate surface area is 333 Å². The van der Waals surface area contributed by atoms with E-state index in [9.17, 15) is 50.8 Å². The van der Waals surface area contributed by atoms with Crippen LogP contribution in [-0.4, -0.2) is 124 Å². The number of nitrogens with zero attached hydrogens (tertiary/aromatic N) is 3. The summed E-state index contributed by atoms with van der Waals surface area (Å²) in [6, 6.07) is 12.8. The molecule has 4 heterocycles. The molecule has 4 aliphatic heterocycles. The van der Waals surface area contributed by atoms with Gasteiger partial charge in [0.05, 0.1) is 23.9 Å². The van der Waals surface area contributed by atoms with Crippen LogP contribution in [0, 0.1) is 11.3 Å². The first-order valence-electron chi connectivity index (χ1n) is 18.0. The molecular formula is C40H36N4O15. The third-order valence-electron chi connectivity index (χ3n) is 10.4. The molecule has 9 atom stereocenters. The van der Waals surface area contributed by atoms with Crippen LogP contribution >= 0.6 is 0 Å². The van der Waals surface area contributed by atoms with Crippen LogP contribution in [0.15, 0.2) is 100.0 Å². The van der Waals surface area contributed by atoms with Crippen LogP contribution in [0.25, 0.3) is 5.76 Å². The lowest BCUT2D eigenvalue weighted by atomic mass is 9.64. The van der Waals surface area contributed by atoms with Crippen molar-refractivity contribution in [3.8, 4) is 34.5 Å². The Balaban J connectivity index is 1.12. The lowest BCUT2D eigenvalue weighted by Gasteiger charge is -2.55. The van der Waals surface area contributed by atoms with Gasteiger partial charge >= 0.3 is 5.97 Å². The molecule has 0 spiro atoms. The number of fused-ring (bicyclic) bond motifs is 3. The Hall–Kier alpha value is -6.61. The first kappa shape index (κ1) is 39.2. The molecule has 10 N–H and O–H groups in total. The monoisotopic (exact) mass is 812 g/mol. The van der Waals surface area contributed by atoms with E-state index >= 15 is 0 Å². The van der Waals surface area contributed by atoms with Crippen molar-refractivity contribution in [2.75, 3.05) is 13.2 Å². The van der Waals surface area contributed by atoms with E-state index in [1.54, 1.807) is 24.3 Å². The third kappa shape index (κ3) is 6.94. The number of hydrogen-bond acceptors (Lipinski definition) is 17. The van der Waals surface area contributed by atoms with Gasteiger partial charge in [-0.2, -0.15) is 0 Å². The van der Waals surface area contributed by atoms with Gasteiger partial charge in [-0.15, -0.1) is 0 Å². The number of carboxylic acid groups (broad SMARTS) is 1. The van der Waals surface area contributed by atoms with E-state index in [1.165, 1.54) is 54.9 Å². The predicted octanol–water partition coefficient (Wildman–Crippen LogP) is 1.61. The van der Waals surface area contributed by atoms with Gasteiger partial charge in [0.15, 0.2) is 23.2 Å². The van der Waals surface area contributed by atoms with E-state index in [-0.39, 0.29) is 53.0 Å². The van der Waals surface area contributed by atoms with Gasteiger partial charge in [-0.05, 0) is 48.1 Å². The predicted molar refractivity (Wildman–Crippen MR) is 204 cm³/mol. The maximum atomic E-state index is 12.6. The van der Waals surface area contributed by atoms with Gasteiger partial charge < -0.3 is 69.6 Å². The zero-order valence-electron chi connectivity index (χ0n) is 30.4. The maximum absolute atomic E-state index is 12.6. The largest absolute Gasteiger partial charge is 0.508 e. The molecule has 5 aliphatic rings. The number of phenols is 2. The quantitative estimate of drug-likeness (QED) is 0.0918. The summed E-state index contributed by atoms with van der Waals surface area (Å²) in [4.78, 5) is 24.6. The molecule has 8 rings (SSSR count). The zero-order valence-corrected chi connectivity index (χ0v) is 30.4. The number of benzene rings is 3. The second kappa shape index (κ2) is 15.0. The lowest BCUT2D eigenvalue weighted by molar-refractivity contribution is -0.337. The SMILES string of the molecule is N=C1C=CC([C@@H](O)COc2ccc(C3C=C(O)c4c(cc(O[C@@H]5O[C@H](C(=O)O)[C@]6(O)[C@H](C7=NC=NC7)C=C[C@@]5(O)[C@@H]6O)c(O[C@H](O)c5cccc(O)c5)c4O)O3)cc2)=N1. The molecule has 0 amide bonds. The highest BCUT2D eigenvalue weighted by Crippen LogP contribution is 2.53. The molecule has 1 saturated heterocycles. The van der Waals surface area contributed by atoms with Crippen molar-refractivity contribution in [1.82, 2.24) is 0 Å². The number of carbonyl (C=O) groups is 1. The number of ether oxygens (including phenoxy) is 5. The fraction of sp³-hybridized carbons (Fsp3) is 0.275. The highest BCUT2D eigenvalue weighted by Gasteiger charge is 2.70. The van der Waals surface area contributed by atoms with E-state index in [0.717, 1.165) is 12.1 Å². The van der Waals surface area contributed by atoms with E-state index in [2.05, 4.69) is 15.0 Å². The van der Waals surface area contributed by atoms with Crippen LogP contribution in [0.1, 0.15) is 29.1 Å². The molecule has 59 heavy (non-hydrogen) atoms. The van der Waals surface area contributed by atoms with E-state index in [4.69, 9.17) is 29.1 Å². The average molecular weight is 813 g/mol. The number of hydrogen-bond donors (Lipinski definition) is 10. The molecule has 0 aromatic heterocycles. The van der Waals surface area contributed by atoms with Crippen LogP contribution in [0.2, 0.25) is 0 Å². The highest BCUT2D eigenvalue weighted by atomic mass is 16.7. The van der Waals surface area contributed by atoms with Gasteiger partial charge in [-0.3, -0.25) is 10.4 Å². The Morgan fingerprint density at radius 2 is 1.83 bits per heavy atom. The molecule has 306 valence electrons. The summed E-state index contributed by atoms with van der Waals surface area (Å²) in [5, 5.41) is 107. The van der Waals surface area contributed by atoms with Gasteiger partial charge in [-0.25, -0.2) is 14.8 Å². The highest BCUT2D eigenvalue weighted by molar-refractivity contribution is 6.15. The van der Waals surface area contributed by atoms with E-state index in [0.29, 0.717) is 11.3 Å². The van der Waals surface area contributed by atoms with Crippen molar-refractivity contribution in [3.63, 3.8) is 0 Å². The molecule has 2 bridgehead atoms. The number of aliphatic hydroxyl groups excluding tert-OH is 4. The Morgan fingerprint density at radius 1 is 1.05 bits per heavy atom. The van der Waals surface area contributed by atoms with Crippen LogP contribution in [0.5, 0.6) is 34.5 Å². The smallest absolute Gasteiger partial charge is 0.336 e. The van der Waals surface area contributed by atoms with Gasteiger partial charge in [0.25, 0.3) is 0 Å². The van der Waals surface area contributed by atoms with Crippen molar-refractivity contribution >= 4 is 35.3 Å². The molecule has 19 nitrogen and oxygen atoms in total. The number of phenolic OH excluding ortho intramolecular Hbond substituents is 2. The molecule has 1 unspecified atom stereocenters. The van der Waals surface area contributed by atoms with Crippen LogP contribution < -0.4 is 18.9 Å². The minimum absolute atomic E-state index is 0.00903. The standard InChI is InChI=1S/C40H36N4O15/c41-30-9-8-23(44-30)26(47)16-55-21-6-4-18(5-7-21)27-13-25(46)31-28(56-27)14-29(33(32(31)48)58-36(51)19-2-1-3-20(45)12-19)57-38-39(53)11-10-22(24-15-42-17-43-24)40(54,37(39)52)34(59-38)35(49)50/h1-14,17,22,26-27,34,36-38,41,45-48,51-54H,15-16H2,(H,49,50)/t22-,26-,27?,34+,36-,37-,38+,39+,40+/m0/s1. The summed E-state index contributed by atoms with van der Waals surface area (Å²) in [5.74, 6) is -5.66. The number of aromatic hydroxyl groups is 2. The van der Waals surface area contributed by atoms with Crippen molar-refractivity contribution in [1.29, 1.82) is 5.41 Å². The Kier molecular flexibility index (Phi) is 9.95. The lowest BCUT2D eigenvalue weighted by Crippen LogP contribution is -2.78. The summed E-state index contributed by atoms with van der Waals surface area (Å²) >= 11 is 0. The number of amidine groups is 1. The fourth-order valence-electron chi connectivity index (χ4n) is 7.38. The third-order valence-corrected chi connectivity index (χ3v) is 10.4. The minimum atomic E-state index is -2.68. The zero-order chi connectivity index (χ0) is 41.8. The van der Waals surface area contributed by atoms with Crippen molar-refractivity contribution in [2.24, 2.45) is 20.9 Å². The fourth-order valence-corrected chi connectivity index (χ4v) is 7.38. The number of carboxylic acids is 1. The van der Waals surface area contributed by atoms with Gasteiger partial charge in [0, 0.05) is 17.7 Å². The first-order valence-corrected chi connectivity index (χ1v) is 18.0. The molecule has 3 aromatic rings. The molecule has 3 aromatic carbocycles. The molecule has 1 fully saturated rings. The second-order valence-electron chi connectivity index (χ2n) is 14.1. The van der Waals surface area contributed by atoms with E-state index in [1.807, 2.05) is 0 Å². The Bertz CT molecular complexity index is 2390. The van der Waals surface area contributed by atoms with Gasteiger partial charge in [0.1, 0.15) is 71.3 Å². The number of aliphatic carboxylic acids is 1. The number of rotatable bonds is 12. The Morgan fingerprint density at radius 3 is 2.51 bits per heavy atom. The minimum Gasteiger partial charge on any atom is -0.508 e. The van der Waals surface area contributed by atoms with Crippen molar-refractivity contribution in [3.05, 3.63) is 102 Å². The first-order chi connectivity index (χ1) is 28.2. The second-order valence-corrected chi connectivity index (χ2v) is 14.1. The van der Waals surface area contributed by atoms with Crippen LogP contribution in [-0.2, 0) is 9.53 Å². The maximum Gasteiger partial charge on any atom is 0.336 e. The number of nitrogens with one attached hydrogen (secondary N) is 1. The number of aliphatic imine (C=N–C) groups is 3. The van der Waals surface area contributed by atoms with E-state index < -0.39 is 83.1 Å². The summed E-state index contributed by atoms with van der Waals surface area (Å²) in [5.41, 5.74) is -4.68. The normalized spacial score (nSPS) is 28.8. The molecule has 19 heteroatoms. The van der Waals surface area contributed by atoms with Crippen molar-refractivity contribution in [2.45, 2.75) is 48.2 Å². The van der Waals surface area contributed by atoms with Gasteiger partial charge in [0.2, 0.25) is 18.3 Å². The molecule has 1 aliphatic carbocycles. The summed E-state index contributed by atoms with van der Waals surface area (Å²) < 4.78 is 29.3. The summed E-state index contributed by atoms with van der Waals surface area (Å²) in [7, 11) is 0. The van der Waals surface area contributed by atoms with Gasteiger partial charge in [-0.1, -0.05) is 30.3 Å². The topological polar surface area (TPSA) is 306 Å². The summed E-state index contributed by atoms with van der Waals surface area (Å²) in [6.07, 6.45) is -2.90. The molecular weight excluding hydrogens is 776 g/mol. The average Bonchev–Trinajstić information content (AvgIpc) is 3.90.